The van der Waals surface area contributed by atoms with E-state index in [9.17, 15) is 47.1 Å². The second-order valence-corrected chi connectivity index (χ2v) is 24.8. The van der Waals surface area contributed by atoms with Gasteiger partial charge in [-0.1, -0.05) is 104 Å². The minimum Gasteiger partial charge on any atom is -0.344 e. The average Bonchev–Trinajstić information content (AvgIpc) is 3.73. The summed E-state index contributed by atoms with van der Waals surface area (Å²) in [6.45, 7) is 18.4. The fourth-order valence-corrected chi connectivity index (χ4v) is 10.8. The third-order valence-corrected chi connectivity index (χ3v) is 16.6. The van der Waals surface area contributed by atoms with Crippen LogP contribution in [-0.4, -0.2) is 150 Å². The maximum absolute atomic E-state index is 14.3. The quantitative estimate of drug-likeness (QED) is 0.0481. The Hall–Kier alpha value is -7.34. The van der Waals surface area contributed by atoms with E-state index in [0.29, 0.717) is 56.3 Å². The highest BCUT2D eigenvalue weighted by Crippen LogP contribution is 2.34. The van der Waals surface area contributed by atoms with E-state index in [4.69, 9.17) is 0 Å². The minimum atomic E-state index is -0.776. The van der Waals surface area contributed by atoms with Crippen molar-refractivity contribution in [2.45, 2.75) is 138 Å². The third-order valence-electron chi connectivity index (χ3n) is 16.6. The molecule has 6 atom stereocenters. The maximum Gasteiger partial charge on any atom is 0.251 e. The van der Waals surface area contributed by atoms with Crippen molar-refractivity contribution in [1.29, 1.82) is 0 Å². The van der Waals surface area contributed by atoms with Gasteiger partial charge in [0.1, 0.15) is 23.5 Å². The van der Waals surface area contributed by atoms with Crippen LogP contribution in [0.4, 0.5) is 8.78 Å². The van der Waals surface area contributed by atoms with Gasteiger partial charge in [-0.2, -0.15) is 0 Å². The van der Waals surface area contributed by atoms with Gasteiger partial charge < -0.3 is 40.9 Å². The van der Waals surface area contributed by atoms with Gasteiger partial charge in [-0.25, -0.2) is 8.78 Å². The molecule has 2 aliphatic heterocycles. The molecule has 2 aliphatic rings. The molecule has 0 bridgehead atoms. The number of amides is 7. The average molecular weight is 1160 g/mol. The second kappa shape index (κ2) is 30.0. The van der Waals surface area contributed by atoms with Crippen LogP contribution in [0.3, 0.4) is 0 Å². The van der Waals surface area contributed by atoms with Gasteiger partial charge in [0.2, 0.25) is 29.5 Å². The van der Waals surface area contributed by atoms with Crippen molar-refractivity contribution in [3.05, 3.63) is 131 Å². The molecule has 0 saturated carbocycles. The molecule has 0 aliphatic carbocycles. The highest BCUT2D eigenvalue weighted by molar-refractivity contribution is 5.98. The van der Waals surface area contributed by atoms with Gasteiger partial charge in [0.15, 0.2) is 0 Å². The first-order chi connectivity index (χ1) is 39.8. The van der Waals surface area contributed by atoms with Crippen molar-refractivity contribution in [2.24, 2.45) is 22.7 Å². The predicted octanol–water partition coefficient (Wildman–Crippen LogP) is 8.02. The Morgan fingerprint density at radius 3 is 1.39 bits per heavy atom. The standard InChI is InChI=1S/C66H88F2N8O8/c1-11-43(2)60(80)72-59(66(7,8)9)64(84)76-35-13-15-54(76)42-74(37-33-46-18-30-52(68)31-19-46)58(79)40-71-62(82)50-26-22-48(23-27-50)47-20-24-49(25-21-47)61(81)70-39-57(78)73(36-32-45-16-28-51(67)29-17-45)41-53-14-12-34-75(53)63(83)55(65(4,5)6)38-56(77)44(3)69-10/h16-31,43-44,53-55,59,69H,11-15,32-42H2,1-10H3,(H,70,81)(H,71,82)(H,72,80)/t43-,44+,53+,54+,55-,59-/m1/s1. The van der Waals surface area contributed by atoms with Crippen LogP contribution in [0, 0.1) is 34.3 Å². The normalized spacial score (nSPS) is 16.7. The van der Waals surface area contributed by atoms with E-state index in [2.05, 4.69) is 21.3 Å². The number of nitrogens with zero attached hydrogens (tertiary/aromatic N) is 4. The number of hydrogen-bond donors (Lipinski definition) is 4. The number of carbonyl (C=O) groups is 8. The van der Waals surface area contributed by atoms with E-state index < -0.39 is 40.6 Å². The van der Waals surface area contributed by atoms with E-state index in [1.165, 1.54) is 24.3 Å². The number of hydrogen-bond acceptors (Lipinski definition) is 9. The van der Waals surface area contributed by atoms with Crippen LogP contribution in [0.15, 0.2) is 97.1 Å². The van der Waals surface area contributed by atoms with Gasteiger partial charge in [0.25, 0.3) is 11.8 Å². The molecule has 2 heterocycles. The topological polar surface area (TPSA) is 198 Å². The van der Waals surface area contributed by atoms with Crippen molar-refractivity contribution in [3.63, 3.8) is 0 Å². The molecule has 0 radical (unpaired) electrons. The number of benzene rings is 4. The Bertz CT molecular complexity index is 2710. The maximum atomic E-state index is 14.3. The van der Waals surface area contributed by atoms with Crippen LogP contribution in [0.2, 0.25) is 0 Å². The summed E-state index contributed by atoms with van der Waals surface area (Å²) in [5, 5.41) is 11.5. The summed E-state index contributed by atoms with van der Waals surface area (Å²) < 4.78 is 27.6. The second-order valence-electron chi connectivity index (χ2n) is 24.8. The van der Waals surface area contributed by atoms with Crippen LogP contribution < -0.4 is 21.3 Å². The molecule has 16 nitrogen and oxygen atoms in total. The highest BCUT2D eigenvalue weighted by Gasteiger charge is 2.43. The predicted molar refractivity (Wildman–Crippen MR) is 321 cm³/mol. The lowest BCUT2D eigenvalue weighted by molar-refractivity contribution is -0.144. The van der Waals surface area contributed by atoms with Crippen LogP contribution >= 0.6 is 0 Å². The SMILES string of the molecule is CC[C@@H](C)C(=O)N[C@H](C(=O)N1CCC[C@H]1CN(CCc1ccc(F)cc1)C(=O)CNC(=O)c1ccc(-c2ccc(C(=O)NCC(=O)N(CCc3ccc(F)cc3)C[C@@H]3CCCN3C(=O)[C@@H](CC(=O)[C@H](C)NC)C(C)(C)C)cc2)cc1)C(C)(C)C. The van der Waals surface area contributed by atoms with Crippen LogP contribution in [-0.2, 0) is 41.6 Å². The molecule has 2 fully saturated rings. The summed E-state index contributed by atoms with van der Waals surface area (Å²) in [6.07, 6.45) is 4.31. The fraction of sp³-hybridized carbons (Fsp3) is 0.515. The number of rotatable bonds is 26. The lowest BCUT2D eigenvalue weighted by atomic mass is 9.76. The van der Waals surface area contributed by atoms with E-state index in [1.807, 2.05) is 60.3 Å². The van der Waals surface area contributed by atoms with Crippen molar-refractivity contribution < 1.29 is 47.1 Å². The van der Waals surface area contributed by atoms with Crippen molar-refractivity contribution in [3.8, 4) is 11.1 Å². The van der Waals surface area contributed by atoms with Crippen molar-refractivity contribution >= 4 is 47.1 Å². The zero-order valence-corrected chi connectivity index (χ0v) is 50.8. The number of likely N-dealkylation sites (N-methyl/N-ethyl adjacent to an activating group) is 1. The monoisotopic (exact) mass is 1160 g/mol. The van der Waals surface area contributed by atoms with Crippen molar-refractivity contribution in [2.75, 3.05) is 59.4 Å². The lowest BCUT2D eigenvalue weighted by Crippen LogP contribution is -2.58. The summed E-state index contributed by atoms with van der Waals surface area (Å²) in [6, 6.07) is 23.9. The van der Waals surface area contributed by atoms with E-state index in [0.717, 1.165) is 35.1 Å². The van der Waals surface area contributed by atoms with Crippen LogP contribution in [0.25, 0.3) is 11.1 Å². The van der Waals surface area contributed by atoms with Crippen molar-refractivity contribution in [1.82, 2.24) is 40.9 Å². The summed E-state index contributed by atoms with van der Waals surface area (Å²) in [7, 11) is 1.71. The largest absolute Gasteiger partial charge is 0.344 e. The van der Waals surface area contributed by atoms with Gasteiger partial charge in [0, 0.05) is 80.7 Å². The smallest absolute Gasteiger partial charge is 0.251 e. The molecule has 84 heavy (non-hydrogen) atoms. The molecule has 4 N–H and O–H groups in total. The number of nitrogens with one attached hydrogen (secondary N) is 4. The molecular formula is C66H88F2N8O8. The lowest BCUT2D eigenvalue weighted by Gasteiger charge is -2.37. The van der Waals surface area contributed by atoms with Gasteiger partial charge in [0.05, 0.1) is 19.1 Å². The Morgan fingerprint density at radius 2 is 1.01 bits per heavy atom. The Labute approximate surface area is 495 Å². The Morgan fingerprint density at radius 1 is 0.595 bits per heavy atom. The third kappa shape index (κ3) is 18.3. The van der Waals surface area contributed by atoms with Gasteiger partial charge >= 0.3 is 0 Å². The van der Waals surface area contributed by atoms with Crippen LogP contribution in [0.5, 0.6) is 0 Å². The zero-order valence-electron chi connectivity index (χ0n) is 50.8. The van der Waals surface area contributed by atoms with Gasteiger partial charge in [-0.05, 0) is 141 Å². The summed E-state index contributed by atoms with van der Waals surface area (Å²) in [5.41, 5.74) is 2.69. The molecule has 18 heteroatoms. The van der Waals surface area contributed by atoms with E-state index in [-0.39, 0.29) is 111 Å². The minimum absolute atomic E-state index is 0.0500. The van der Waals surface area contributed by atoms with E-state index >= 15 is 0 Å². The Kier molecular flexibility index (Phi) is 23.5. The van der Waals surface area contributed by atoms with Crippen LogP contribution in [0.1, 0.15) is 133 Å². The highest BCUT2D eigenvalue weighted by atomic mass is 19.1. The first kappa shape index (κ1) is 65.8. The number of halogens is 2. The zero-order chi connectivity index (χ0) is 61.5. The molecular weight excluding hydrogens is 1070 g/mol. The summed E-state index contributed by atoms with van der Waals surface area (Å²) in [5.74, 6) is -3.79. The number of likely N-dealkylation sites (tertiary alicyclic amines) is 2. The Balaban J connectivity index is 1.07. The summed E-state index contributed by atoms with van der Waals surface area (Å²) in [4.78, 5) is 117. The molecule has 6 rings (SSSR count). The molecule has 7 amide bonds. The molecule has 0 spiro atoms. The first-order valence-electron chi connectivity index (χ1n) is 29.7. The molecule has 4 aromatic carbocycles. The van der Waals surface area contributed by atoms with E-state index in [1.54, 1.807) is 101 Å². The fourth-order valence-electron chi connectivity index (χ4n) is 10.8. The number of ketones is 1. The molecule has 2 saturated heterocycles. The summed E-state index contributed by atoms with van der Waals surface area (Å²) >= 11 is 0. The molecule has 4 aromatic rings. The number of Topliss-reactive ketones (excluding diaryl/α,β-unsaturated/α-hetero) is 1. The van der Waals surface area contributed by atoms with Gasteiger partial charge in [-0.15, -0.1) is 0 Å². The molecule has 0 unspecified atom stereocenters. The number of carbonyl (C=O) groups excluding carboxylic acids is 8. The molecule has 0 aromatic heterocycles. The van der Waals surface area contributed by atoms with Gasteiger partial charge in [-0.3, -0.25) is 38.4 Å². The first-order valence-corrected chi connectivity index (χ1v) is 29.7. The molecule has 454 valence electrons.